The van der Waals surface area contributed by atoms with Crippen LogP contribution in [-0.4, -0.2) is 37.4 Å². The van der Waals surface area contributed by atoms with E-state index in [2.05, 4.69) is 26.2 Å². The van der Waals surface area contributed by atoms with Gasteiger partial charge in [0.25, 0.3) is 5.56 Å². The van der Waals surface area contributed by atoms with Crippen LogP contribution in [0, 0.1) is 0 Å². The molecule has 5 rings (SSSR count). The lowest BCUT2D eigenvalue weighted by Crippen LogP contribution is -2.36. The summed E-state index contributed by atoms with van der Waals surface area (Å²) >= 11 is 0. The van der Waals surface area contributed by atoms with Crippen molar-refractivity contribution >= 4 is 0 Å². The zero-order valence-corrected chi connectivity index (χ0v) is 15.7. The van der Waals surface area contributed by atoms with Gasteiger partial charge >= 0.3 is 0 Å². The molecule has 1 saturated carbocycles. The van der Waals surface area contributed by atoms with Gasteiger partial charge in [-0.15, -0.1) is 0 Å². The predicted molar refractivity (Wildman–Crippen MR) is 104 cm³/mol. The highest BCUT2D eigenvalue weighted by Gasteiger charge is 2.30. The van der Waals surface area contributed by atoms with Gasteiger partial charge in [-0.25, -0.2) is 4.68 Å². The van der Waals surface area contributed by atoms with Crippen LogP contribution in [0.15, 0.2) is 52.0 Å². The topological polar surface area (TPSA) is 77.0 Å². The smallest absolute Gasteiger partial charge is 0.266 e. The quantitative estimate of drug-likeness (QED) is 0.657. The molecule has 2 fully saturated rings. The van der Waals surface area contributed by atoms with E-state index in [9.17, 15) is 4.79 Å². The molecule has 1 atom stereocenters. The van der Waals surface area contributed by atoms with Crippen molar-refractivity contribution < 1.29 is 4.52 Å². The van der Waals surface area contributed by atoms with E-state index in [1.165, 1.54) is 12.8 Å². The fourth-order valence-electron chi connectivity index (χ4n) is 3.93. The number of aromatic nitrogens is 4. The molecule has 144 valence electrons. The summed E-state index contributed by atoms with van der Waals surface area (Å²) in [4.78, 5) is 18.9. The lowest BCUT2D eigenvalue weighted by molar-refractivity contribution is 0.211. The third kappa shape index (κ3) is 3.62. The summed E-state index contributed by atoms with van der Waals surface area (Å²) in [7, 11) is 0. The highest BCUT2D eigenvalue weighted by molar-refractivity contribution is 5.56. The van der Waals surface area contributed by atoms with Gasteiger partial charge in [0, 0.05) is 48.6 Å². The molecule has 0 amide bonds. The van der Waals surface area contributed by atoms with Crippen LogP contribution in [-0.2, 0) is 13.1 Å². The maximum absolute atomic E-state index is 12.4. The fraction of sp³-hybridized carbons (Fsp3) is 0.429. The standard InChI is InChI=1S/C21H23N5O2/c27-21-8-7-19(16-3-1-9-22-12-16)23-26(21)14-18-4-2-10-25(18)13-17-11-20(28-24-17)15-5-6-15/h1,3,7-9,11-12,15,18H,2,4-6,10,13-14H2. The Balaban J connectivity index is 1.32. The average Bonchev–Trinajstić information content (AvgIpc) is 3.32. The molecule has 1 saturated heterocycles. The number of hydrogen-bond donors (Lipinski definition) is 0. The summed E-state index contributed by atoms with van der Waals surface area (Å²) in [5.41, 5.74) is 2.59. The Bertz CT molecular complexity index is 1010. The van der Waals surface area contributed by atoms with Gasteiger partial charge in [0.2, 0.25) is 0 Å². The minimum atomic E-state index is -0.0723. The Labute approximate surface area is 163 Å². The molecule has 1 unspecified atom stereocenters. The van der Waals surface area contributed by atoms with E-state index in [1.54, 1.807) is 29.2 Å². The lowest BCUT2D eigenvalue weighted by Gasteiger charge is -2.23. The molecular weight excluding hydrogens is 354 g/mol. The van der Waals surface area contributed by atoms with Crippen LogP contribution in [0.5, 0.6) is 0 Å². The molecule has 7 nitrogen and oxygen atoms in total. The van der Waals surface area contributed by atoms with E-state index in [0.29, 0.717) is 12.5 Å². The van der Waals surface area contributed by atoms with Crippen molar-refractivity contribution in [3.8, 4) is 11.3 Å². The monoisotopic (exact) mass is 377 g/mol. The Morgan fingerprint density at radius 1 is 1.18 bits per heavy atom. The normalized spacial score (nSPS) is 19.9. The Morgan fingerprint density at radius 3 is 2.93 bits per heavy atom. The Kier molecular flexibility index (Phi) is 4.52. The maximum Gasteiger partial charge on any atom is 0.266 e. The van der Waals surface area contributed by atoms with Crippen LogP contribution in [0.3, 0.4) is 0 Å². The minimum absolute atomic E-state index is 0.0723. The number of likely N-dealkylation sites (tertiary alicyclic amines) is 1. The molecule has 0 N–H and O–H groups in total. The molecule has 28 heavy (non-hydrogen) atoms. The van der Waals surface area contributed by atoms with Gasteiger partial charge in [-0.05, 0) is 50.4 Å². The zero-order chi connectivity index (χ0) is 18.9. The van der Waals surface area contributed by atoms with Crippen molar-refractivity contribution in [2.75, 3.05) is 6.54 Å². The first kappa shape index (κ1) is 17.3. The van der Waals surface area contributed by atoms with Gasteiger partial charge in [0.1, 0.15) is 5.76 Å². The average molecular weight is 377 g/mol. The Morgan fingerprint density at radius 2 is 2.11 bits per heavy atom. The molecule has 3 aromatic rings. The number of hydrogen-bond acceptors (Lipinski definition) is 6. The molecule has 3 aromatic heterocycles. The van der Waals surface area contributed by atoms with Gasteiger partial charge in [0.15, 0.2) is 0 Å². The van der Waals surface area contributed by atoms with Crippen LogP contribution >= 0.6 is 0 Å². The van der Waals surface area contributed by atoms with Crippen molar-refractivity contribution in [1.82, 2.24) is 24.8 Å². The number of rotatable bonds is 6. The first-order chi connectivity index (χ1) is 13.8. The second kappa shape index (κ2) is 7.31. The predicted octanol–water partition coefficient (Wildman–Crippen LogP) is 2.84. The van der Waals surface area contributed by atoms with E-state index < -0.39 is 0 Å². The van der Waals surface area contributed by atoms with Crippen LogP contribution in [0.1, 0.15) is 43.1 Å². The van der Waals surface area contributed by atoms with Crippen molar-refractivity contribution in [1.29, 1.82) is 0 Å². The molecule has 7 heteroatoms. The largest absolute Gasteiger partial charge is 0.361 e. The number of pyridine rings is 1. The third-order valence-corrected chi connectivity index (χ3v) is 5.63. The van der Waals surface area contributed by atoms with E-state index in [-0.39, 0.29) is 11.6 Å². The first-order valence-corrected chi connectivity index (χ1v) is 9.94. The van der Waals surface area contributed by atoms with E-state index in [4.69, 9.17) is 4.52 Å². The summed E-state index contributed by atoms with van der Waals surface area (Å²) in [6.45, 7) is 2.35. The molecule has 0 bridgehead atoms. The van der Waals surface area contributed by atoms with Crippen LogP contribution in [0.2, 0.25) is 0 Å². The van der Waals surface area contributed by atoms with Gasteiger partial charge in [0.05, 0.1) is 17.9 Å². The lowest BCUT2D eigenvalue weighted by atomic mass is 10.2. The highest BCUT2D eigenvalue weighted by atomic mass is 16.5. The van der Waals surface area contributed by atoms with E-state index in [1.807, 2.05) is 12.1 Å². The van der Waals surface area contributed by atoms with Crippen molar-refractivity contribution in [3.63, 3.8) is 0 Å². The zero-order valence-electron chi connectivity index (χ0n) is 15.7. The number of nitrogens with zero attached hydrogens (tertiary/aromatic N) is 5. The summed E-state index contributed by atoms with van der Waals surface area (Å²) in [5.74, 6) is 1.60. The third-order valence-electron chi connectivity index (χ3n) is 5.63. The molecule has 2 aliphatic rings. The molecule has 1 aliphatic heterocycles. The summed E-state index contributed by atoms with van der Waals surface area (Å²) in [6.07, 6.45) is 8.09. The van der Waals surface area contributed by atoms with Crippen LogP contribution in [0.25, 0.3) is 11.3 Å². The molecule has 0 spiro atoms. The summed E-state index contributed by atoms with van der Waals surface area (Å²) < 4.78 is 7.07. The maximum atomic E-state index is 12.4. The summed E-state index contributed by atoms with van der Waals surface area (Å²) in [5, 5.41) is 8.83. The van der Waals surface area contributed by atoms with E-state index >= 15 is 0 Å². The second-order valence-electron chi connectivity index (χ2n) is 7.74. The van der Waals surface area contributed by atoms with Crippen molar-refractivity contribution in [2.45, 2.75) is 50.7 Å². The van der Waals surface area contributed by atoms with Gasteiger partial charge < -0.3 is 4.52 Å². The Hall–Kier alpha value is -2.80. The highest BCUT2D eigenvalue weighted by Crippen LogP contribution is 2.40. The summed E-state index contributed by atoms with van der Waals surface area (Å²) in [6, 6.07) is 9.55. The van der Waals surface area contributed by atoms with E-state index in [0.717, 1.165) is 48.6 Å². The molecular formula is C21H23N5O2. The first-order valence-electron chi connectivity index (χ1n) is 9.94. The van der Waals surface area contributed by atoms with Crippen molar-refractivity contribution in [3.05, 3.63) is 64.5 Å². The SMILES string of the molecule is O=c1ccc(-c2cccnc2)nn1CC1CCCN1Cc1cc(C2CC2)on1. The van der Waals surface area contributed by atoms with Crippen molar-refractivity contribution in [2.24, 2.45) is 0 Å². The van der Waals surface area contributed by atoms with Gasteiger partial charge in [-0.3, -0.25) is 14.7 Å². The minimum Gasteiger partial charge on any atom is -0.361 e. The van der Waals surface area contributed by atoms with Gasteiger partial charge in [-0.2, -0.15) is 5.10 Å². The fourth-order valence-corrected chi connectivity index (χ4v) is 3.93. The molecule has 4 heterocycles. The molecule has 0 radical (unpaired) electrons. The molecule has 0 aromatic carbocycles. The van der Waals surface area contributed by atoms with Crippen LogP contribution in [0.4, 0.5) is 0 Å². The molecule has 1 aliphatic carbocycles. The van der Waals surface area contributed by atoms with Gasteiger partial charge in [-0.1, -0.05) is 5.16 Å². The second-order valence-corrected chi connectivity index (χ2v) is 7.74. The van der Waals surface area contributed by atoms with Crippen LogP contribution < -0.4 is 5.56 Å².